The highest BCUT2D eigenvalue weighted by Gasteiger charge is 2.69. The summed E-state index contributed by atoms with van der Waals surface area (Å²) in [6, 6.07) is 0. The lowest BCUT2D eigenvalue weighted by Gasteiger charge is -2.40. The Morgan fingerprint density at radius 3 is 1.82 bits per heavy atom. The van der Waals surface area contributed by atoms with Gasteiger partial charge in [0.1, 0.15) is 0 Å². The molecule has 0 radical (unpaired) electrons. The Morgan fingerprint density at radius 2 is 1.35 bits per heavy atom. The largest absolute Gasteiger partial charge is 0.456 e. The van der Waals surface area contributed by atoms with Crippen molar-refractivity contribution in [2.75, 3.05) is 0 Å². The van der Waals surface area contributed by atoms with Crippen LogP contribution in [-0.4, -0.2) is 11.6 Å². The molecule has 82 valence electrons. The maximum absolute atomic E-state index is 12.0. The Morgan fingerprint density at radius 1 is 0.882 bits per heavy atom. The van der Waals surface area contributed by atoms with E-state index in [4.69, 9.17) is 4.74 Å². The Bertz CT molecular complexity index is 618. The highest BCUT2D eigenvalue weighted by atomic mass is 16.6. The summed E-state index contributed by atoms with van der Waals surface area (Å²) in [6.07, 6.45) is 8.81. The first-order valence-corrected chi connectivity index (χ1v) is 5.84. The second-order valence-corrected chi connectivity index (χ2v) is 5.35. The first-order chi connectivity index (χ1) is 8.19. The lowest BCUT2D eigenvalue weighted by Crippen LogP contribution is -2.38. The molecule has 1 heterocycles. The van der Waals surface area contributed by atoms with Gasteiger partial charge in [-0.05, 0) is 25.0 Å². The van der Waals surface area contributed by atoms with Gasteiger partial charge in [0.15, 0.2) is 23.1 Å². The van der Waals surface area contributed by atoms with E-state index >= 15 is 0 Å². The van der Waals surface area contributed by atoms with Crippen LogP contribution in [0.1, 0.15) is 12.8 Å². The molecule has 0 fully saturated rings. The highest BCUT2D eigenvalue weighted by molar-refractivity contribution is 6.20. The molecule has 6 aliphatic rings. The van der Waals surface area contributed by atoms with Gasteiger partial charge in [-0.2, -0.15) is 0 Å². The lowest BCUT2D eigenvalue weighted by molar-refractivity contribution is -0.114. The van der Waals surface area contributed by atoms with Gasteiger partial charge in [0.25, 0.3) is 0 Å². The molecule has 0 N–H and O–H groups in total. The van der Waals surface area contributed by atoms with Crippen molar-refractivity contribution in [3.8, 4) is 0 Å². The fraction of sp³-hybridized carbons (Fsp3) is 0.286. The number of ether oxygens (including phenoxy) is 1. The molecule has 0 aromatic rings. The standard InChI is InChI=1S/C14H8O3/c15-7-1-3-13-5-6-14(12-11(13)17-12)4-2-8(16)10(14)9(7)13/h1-4H,5-6H2. The molecule has 17 heavy (non-hydrogen) atoms. The van der Waals surface area contributed by atoms with Gasteiger partial charge in [-0.1, -0.05) is 12.2 Å². The van der Waals surface area contributed by atoms with Crippen molar-refractivity contribution in [3.63, 3.8) is 0 Å². The van der Waals surface area contributed by atoms with Crippen molar-refractivity contribution in [2.24, 2.45) is 10.8 Å². The van der Waals surface area contributed by atoms with Crippen LogP contribution >= 0.6 is 0 Å². The molecule has 2 unspecified atom stereocenters. The highest BCUT2D eigenvalue weighted by Crippen LogP contribution is 2.72. The molecule has 0 saturated heterocycles. The van der Waals surface area contributed by atoms with Crippen LogP contribution in [0.3, 0.4) is 0 Å². The van der Waals surface area contributed by atoms with Crippen molar-refractivity contribution in [1.29, 1.82) is 0 Å². The molecule has 3 heteroatoms. The third-order valence-electron chi connectivity index (χ3n) is 4.77. The molecule has 0 amide bonds. The van der Waals surface area contributed by atoms with Crippen molar-refractivity contribution in [3.05, 3.63) is 47.0 Å². The Balaban J connectivity index is 1.97. The predicted molar refractivity (Wildman–Crippen MR) is 57.5 cm³/mol. The summed E-state index contributed by atoms with van der Waals surface area (Å²) in [4.78, 5) is 24.1. The summed E-state index contributed by atoms with van der Waals surface area (Å²) >= 11 is 0. The molecule has 6 rings (SSSR count). The summed E-state index contributed by atoms with van der Waals surface area (Å²) in [5.74, 6) is 1.85. The van der Waals surface area contributed by atoms with E-state index in [1.54, 1.807) is 12.2 Å². The zero-order valence-electron chi connectivity index (χ0n) is 8.95. The number of carbonyl (C=O) groups is 2. The van der Waals surface area contributed by atoms with Crippen LogP contribution in [0.5, 0.6) is 0 Å². The van der Waals surface area contributed by atoms with E-state index in [0.29, 0.717) is 11.1 Å². The maximum Gasteiger partial charge on any atom is 0.183 e. The van der Waals surface area contributed by atoms with Gasteiger partial charge >= 0.3 is 0 Å². The Kier molecular flexibility index (Phi) is 0.951. The number of fused-ring (bicyclic) bond motifs is 1. The molecule has 2 bridgehead atoms. The van der Waals surface area contributed by atoms with Gasteiger partial charge in [-0.15, -0.1) is 0 Å². The van der Waals surface area contributed by atoms with Crippen LogP contribution in [0.15, 0.2) is 47.0 Å². The number of hydrogen-bond acceptors (Lipinski definition) is 3. The molecule has 5 aliphatic carbocycles. The van der Waals surface area contributed by atoms with Crippen molar-refractivity contribution in [2.45, 2.75) is 12.8 Å². The SMILES string of the molecule is O=C1C=CC23CCC4(C=CC(=O)C4=C12)C1=C3O1. The fourth-order valence-electron chi connectivity index (χ4n) is 3.98. The number of ketones is 2. The number of rotatable bonds is 0. The molecule has 3 nitrogen and oxygen atoms in total. The van der Waals surface area contributed by atoms with Crippen molar-refractivity contribution >= 4 is 11.6 Å². The van der Waals surface area contributed by atoms with Gasteiger partial charge in [-0.3, -0.25) is 9.59 Å². The minimum atomic E-state index is -0.384. The molecular weight excluding hydrogens is 216 g/mol. The van der Waals surface area contributed by atoms with E-state index in [-0.39, 0.29) is 22.4 Å². The molecule has 0 aromatic carbocycles. The van der Waals surface area contributed by atoms with E-state index in [9.17, 15) is 9.59 Å². The smallest absolute Gasteiger partial charge is 0.183 e. The third kappa shape index (κ3) is 0.591. The normalized spacial score (nSPS) is 43.1. The third-order valence-corrected chi connectivity index (χ3v) is 4.77. The van der Waals surface area contributed by atoms with Gasteiger partial charge in [0.05, 0.1) is 10.8 Å². The van der Waals surface area contributed by atoms with E-state index in [1.165, 1.54) is 0 Å². The first-order valence-electron chi connectivity index (χ1n) is 5.84. The van der Waals surface area contributed by atoms with Crippen LogP contribution in [0.4, 0.5) is 0 Å². The molecular formula is C14H8O3. The molecule has 2 atom stereocenters. The summed E-state index contributed by atoms with van der Waals surface area (Å²) < 4.78 is 5.66. The monoisotopic (exact) mass is 224 g/mol. The van der Waals surface area contributed by atoms with Gasteiger partial charge in [0, 0.05) is 11.1 Å². The summed E-state index contributed by atoms with van der Waals surface area (Å²) in [5.41, 5.74) is 0.612. The first kappa shape index (κ1) is 8.23. The lowest BCUT2D eigenvalue weighted by atomic mass is 9.57. The summed E-state index contributed by atoms with van der Waals surface area (Å²) in [6.45, 7) is 0. The van der Waals surface area contributed by atoms with Gasteiger partial charge in [-0.25, -0.2) is 0 Å². The Hall–Kier alpha value is -1.90. The van der Waals surface area contributed by atoms with E-state index in [2.05, 4.69) is 0 Å². The van der Waals surface area contributed by atoms with Crippen LogP contribution in [-0.2, 0) is 14.3 Å². The number of hydrogen-bond donors (Lipinski definition) is 0. The average molecular weight is 224 g/mol. The van der Waals surface area contributed by atoms with Crippen LogP contribution < -0.4 is 0 Å². The molecule has 2 spiro atoms. The van der Waals surface area contributed by atoms with Gasteiger partial charge in [0.2, 0.25) is 0 Å². The Labute approximate surface area is 97.1 Å². The van der Waals surface area contributed by atoms with E-state index in [1.807, 2.05) is 12.2 Å². The summed E-state index contributed by atoms with van der Waals surface area (Å²) in [5, 5.41) is 0. The number of allylic oxidation sites excluding steroid dienone is 4. The quantitative estimate of drug-likeness (QED) is 0.627. The molecule has 0 saturated carbocycles. The maximum atomic E-state index is 12.0. The number of carbonyl (C=O) groups excluding carboxylic acids is 2. The van der Waals surface area contributed by atoms with Crippen molar-refractivity contribution in [1.82, 2.24) is 0 Å². The molecule has 0 aromatic heterocycles. The minimum Gasteiger partial charge on any atom is -0.456 e. The van der Waals surface area contributed by atoms with Gasteiger partial charge < -0.3 is 4.74 Å². The topological polar surface area (TPSA) is 46.7 Å². The second-order valence-electron chi connectivity index (χ2n) is 5.35. The van der Waals surface area contributed by atoms with E-state index < -0.39 is 0 Å². The van der Waals surface area contributed by atoms with Crippen LogP contribution in [0.2, 0.25) is 0 Å². The fourth-order valence-corrected chi connectivity index (χ4v) is 3.98. The predicted octanol–water partition coefficient (Wildman–Crippen LogP) is 1.58. The second kappa shape index (κ2) is 1.96. The van der Waals surface area contributed by atoms with Crippen molar-refractivity contribution < 1.29 is 14.3 Å². The average Bonchev–Trinajstić information content (AvgIpc) is 3.02. The zero-order chi connectivity index (χ0) is 11.4. The van der Waals surface area contributed by atoms with Crippen LogP contribution in [0, 0.1) is 10.8 Å². The van der Waals surface area contributed by atoms with E-state index in [0.717, 1.165) is 24.4 Å². The van der Waals surface area contributed by atoms with Crippen LogP contribution in [0.25, 0.3) is 0 Å². The summed E-state index contributed by atoms with van der Waals surface area (Å²) in [7, 11) is 0. The zero-order valence-corrected chi connectivity index (χ0v) is 8.95. The molecule has 1 aliphatic heterocycles. The minimum absolute atomic E-state index is 0.0109.